The predicted molar refractivity (Wildman–Crippen MR) is 76.3 cm³/mol. The summed E-state index contributed by atoms with van der Waals surface area (Å²) in [6.45, 7) is 4.08. The molecule has 1 unspecified atom stereocenters. The maximum atomic E-state index is 11.7. The van der Waals surface area contributed by atoms with Crippen LogP contribution in [0.3, 0.4) is 0 Å². The highest BCUT2D eigenvalue weighted by Gasteiger charge is 2.07. The Hall–Kier alpha value is -2.10. The number of nitrogens with one attached hydrogen (secondary N) is 2. The van der Waals surface area contributed by atoms with Gasteiger partial charge in [-0.05, 0) is 37.6 Å². The van der Waals surface area contributed by atoms with Crippen molar-refractivity contribution in [3.63, 3.8) is 0 Å². The summed E-state index contributed by atoms with van der Waals surface area (Å²) in [5, 5.41) is 10.1. The number of nitrogens with zero attached hydrogens (tertiary/aromatic N) is 1. The lowest BCUT2D eigenvalue weighted by atomic mass is 10.1. The van der Waals surface area contributed by atoms with Gasteiger partial charge in [0.05, 0.1) is 12.2 Å². The molecular formula is C15H19N3O. The van der Waals surface area contributed by atoms with Gasteiger partial charge in [0.1, 0.15) is 0 Å². The lowest BCUT2D eigenvalue weighted by Gasteiger charge is -2.13. The number of aromatic nitrogens is 2. The Balaban J connectivity index is 2.01. The number of aromatic amines is 1. The van der Waals surface area contributed by atoms with Gasteiger partial charge in [-0.15, -0.1) is 0 Å². The van der Waals surface area contributed by atoms with Crippen LogP contribution in [0.25, 0.3) is 0 Å². The fourth-order valence-corrected chi connectivity index (χ4v) is 1.95. The number of carbonyl (C=O) groups is 1. The molecule has 0 fully saturated rings. The Morgan fingerprint density at radius 2 is 2.11 bits per heavy atom. The van der Waals surface area contributed by atoms with Crippen LogP contribution in [0.2, 0.25) is 0 Å². The van der Waals surface area contributed by atoms with Gasteiger partial charge in [0.2, 0.25) is 0 Å². The maximum absolute atomic E-state index is 11.7. The summed E-state index contributed by atoms with van der Waals surface area (Å²) < 4.78 is 0. The van der Waals surface area contributed by atoms with Crippen LogP contribution in [0, 0.1) is 0 Å². The first-order chi connectivity index (χ1) is 9.20. The fraction of sp³-hybridized carbons (Fsp3) is 0.333. The summed E-state index contributed by atoms with van der Waals surface area (Å²) in [5.74, 6) is 0.205. The molecule has 4 nitrogen and oxygen atoms in total. The van der Waals surface area contributed by atoms with Crippen LogP contribution in [0.1, 0.15) is 48.7 Å². The quantitative estimate of drug-likeness (QED) is 0.778. The molecule has 19 heavy (non-hydrogen) atoms. The van der Waals surface area contributed by atoms with E-state index in [9.17, 15) is 4.79 Å². The Morgan fingerprint density at radius 3 is 2.68 bits per heavy atom. The molecule has 0 aliphatic carbocycles. The SMILES string of the molecule is CCCC(=O)c1ccc(NC(C)c2cn[nH]c2)cc1. The zero-order valence-corrected chi connectivity index (χ0v) is 11.3. The van der Waals surface area contributed by atoms with Crippen molar-refractivity contribution in [2.45, 2.75) is 32.7 Å². The molecule has 1 aromatic carbocycles. The van der Waals surface area contributed by atoms with Gasteiger partial charge in [-0.25, -0.2) is 0 Å². The van der Waals surface area contributed by atoms with E-state index < -0.39 is 0 Å². The van der Waals surface area contributed by atoms with E-state index in [1.807, 2.05) is 37.4 Å². The number of ketones is 1. The van der Waals surface area contributed by atoms with Crippen molar-refractivity contribution in [1.29, 1.82) is 0 Å². The summed E-state index contributed by atoms with van der Waals surface area (Å²) in [4.78, 5) is 11.7. The van der Waals surface area contributed by atoms with E-state index in [0.717, 1.165) is 23.2 Å². The van der Waals surface area contributed by atoms with Crippen LogP contribution >= 0.6 is 0 Å². The normalized spacial score (nSPS) is 12.1. The first-order valence-corrected chi connectivity index (χ1v) is 6.59. The standard InChI is InChI=1S/C15H19N3O/c1-3-4-15(19)12-5-7-14(8-6-12)18-11(2)13-9-16-17-10-13/h5-11,18H,3-4H2,1-2H3,(H,16,17). The molecule has 0 radical (unpaired) electrons. The molecule has 0 saturated heterocycles. The molecule has 1 atom stereocenters. The first kappa shape index (κ1) is 13.3. The topological polar surface area (TPSA) is 57.8 Å². The molecule has 0 aliphatic rings. The second-order valence-corrected chi connectivity index (χ2v) is 4.65. The lowest BCUT2D eigenvalue weighted by molar-refractivity contribution is 0.0982. The average Bonchev–Trinajstić information content (AvgIpc) is 2.94. The number of anilines is 1. The molecule has 0 saturated carbocycles. The Morgan fingerprint density at radius 1 is 1.37 bits per heavy atom. The minimum Gasteiger partial charge on any atom is -0.378 e. The molecule has 4 heteroatoms. The third kappa shape index (κ3) is 3.44. The second-order valence-electron chi connectivity index (χ2n) is 4.65. The van der Waals surface area contributed by atoms with Crippen molar-refractivity contribution in [1.82, 2.24) is 10.2 Å². The number of H-pyrrole nitrogens is 1. The van der Waals surface area contributed by atoms with E-state index in [2.05, 4.69) is 22.4 Å². The highest BCUT2D eigenvalue weighted by molar-refractivity contribution is 5.96. The number of rotatable bonds is 6. The zero-order valence-electron chi connectivity index (χ0n) is 11.3. The van der Waals surface area contributed by atoms with Gasteiger partial charge >= 0.3 is 0 Å². The van der Waals surface area contributed by atoms with Crippen LogP contribution in [-0.4, -0.2) is 16.0 Å². The molecule has 0 spiro atoms. The predicted octanol–water partition coefficient (Wildman–Crippen LogP) is 3.57. The molecule has 0 aliphatic heterocycles. The van der Waals surface area contributed by atoms with Gasteiger partial charge in [0.25, 0.3) is 0 Å². The van der Waals surface area contributed by atoms with E-state index in [-0.39, 0.29) is 11.8 Å². The average molecular weight is 257 g/mol. The van der Waals surface area contributed by atoms with Crippen molar-refractivity contribution >= 4 is 11.5 Å². The van der Waals surface area contributed by atoms with E-state index in [1.165, 1.54) is 0 Å². The monoisotopic (exact) mass is 257 g/mol. The maximum Gasteiger partial charge on any atom is 0.162 e. The van der Waals surface area contributed by atoms with Crippen molar-refractivity contribution in [3.05, 3.63) is 47.8 Å². The molecule has 1 heterocycles. The van der Waals surface area contributed by atoms with E-state index >= 15 is 0 Å². The summed E-state index contributed by atoms with van der Waals surface area (Å²) in [6.07, 6.45) is 5.17. The van der Waals surface area contributed by atoms with Gasteiger partial charge in [-0.3, -0.25) is 9.89 Å². The Bertz CT molecular complexity index is 517. The Kier molecular flexibility index (Phi) is 4.34. The number of hydrogen-bond acceptors (Lipinski definition) is 3. The van der Waals surface area contributed by atoms with Crippen LogP contribution in [0.4, 0.5) is 5.69 Å². The van der Waals surface area contributed by atoms with Gasteiger partial charge in [0, 0.05) is 29.4 Å². The van der Waals surface area contributed by atoms with Gasteiger partial charge in [-0.2, -0.15) is 5.10 Å². The molecule has 2 N–H and O–H groups in total. The van der Waals surface area contributed by atoms with Crippen LogP contribution in [0.15, 0.2) is 36.7 Å². The van der Waals surface area contributed by atoms with Gasteiger partial charge < -0.3 is 5.32 Å². The summed E-state index contributed by atoms with van der Waals surface area (Å²) >= 11 is 0. The van der Waals surface area contributed by atoms with Crippen molar-refractivity contribution in [2.24, 2.45) is 0 Å². The van der Waals surface area contributed by atoms with E-state index in [0.29, 0.717) is 6.42 Å². The van der Waals surface area contributed by atoms with E-state index in [4.69, 9.17) is 0 Å². The third-order valence-electron chi connectivity index (χ3n) is 3.09. The highest BCUT2D eigenvalue weighted by Crippen LogP contribution is 2.19. The molecule has 2 rings (SSSR count). The Labute approximate surface area is 113 Å². The highest BCUT2D eigenvalue weighted by atomic mass is 16.1. The molecule has 1 aromatic heterocycles. The minimum absolute atomic E-state index is 0.177. The van der Waals surface area contributed by atoms with Crippen molar-refractivity contribution in [2.75, 3.05) is 5.32 Å². The summed E-state index contributed by atoms with van der Waals surface area (Å²) in [6, 6.07) is 7.82. The van der Waals surface area contributed by atoms with Crippen molar-refractivity contribution < 1.29 is 4.79 Å². The number of hydrogen-bond donors (Lipinski definition) is 2. The smallest absolute Gasteiger partial charge is 0.162 e. The van der Waals surface area contributed by atoms with Crippen LogP contribution in [-0.2, 0) is 0 Å². The van der Waals surface area contributed by atoms with Gasteiger partial charge in [0.15, 0.2) is 5.78 Å². The minimum atomic E-state index is 0.177. The summed E-state index contributed by atoms with van der Waals surface area (Å²) in [5.41, 5.74) is 2.89. The molecule has 100 valence electrons. The molecular weight excluding hydrogens is 238 g/mol. The largest absolute Gasteiger partial charge is 0.378 e. The summed E-state index contributed by atoms with van der Waals surface area (Å²) in [7, 11) is 0. The lowest BCUT2D eigenvalue weighted by Crippen LogP contribution is -2.06. The molecule has 0 amide bonds. The van der Waals surface area contributed by atoms with E-state index in [1.54, 1.807) is 6.20 Å². The van der Waals surface area contributed by atoms with Crippen molar-refractivity contribution in [3.8, 4) is 0 Å². The zero-order chi connectivity index (χ0) is 13.7. The fourth-order valence-electron chi connectivity index (χ4n) is 1.95. The second kappa shape index (κ2) is 6.18. The number of carbonyl (C=O) groups excluding carboxylic acids is 1. The van der Waals surface area contributed by atoms with Crippen LogP contribution < -0.4 is 5.32 Å². The molecule has 0 bridgehead atoms. The number of Topliss-reactive ketones (excluding diaryl/α,β-unsaturated/α-hetero) is 1. The third-order valence-corrected chi connectivity index (χ3v) is 3.09. The van der Waals surface area contributed by atoms with Gasteiger partial charge in [-0.1, -0.05) is 6.92 Å². The first-order valence-electron chi connectivity index (χ1n) is 6.59. The van der Waals surface area contributed by atoms with Crippen LogP contribution in [0.5, 0.6) is 0 Å². The molecule has 2 aromatic rings. The number of benzene rings is 1.